The summed E-state index contributed by atoms with van der Waals surface area (Å²) in [7, 11) is 0. The number of rotatable bonds is 6. The number of carbonyl (C=O) groups is 1. The largest absolute Gasteiger partial charge is 0.324 e. The number of hydrogen-bond acceptors (Lipinski definition) is 2. The molecular formula is C22H28N2O. The van der Waals surface area contributed by atoms with Crippen molar-refractivity contribution in [2.45, 2.75) is 53.1 Å². The van der Waals surface area contributed by atoms with Gasteiger partial charge in [0.05, 0.1) is 6.54 Å². The van der Waals surface area contributed by atoms with Crippen molar-refractivity contribution in [1.29, 1.82) is 0 Å². The highest BCUT2D eigenvalue weighted by Gasteiger charge is 2.30. The van der Waals surface area contributed by atoms with Crippen LogP contribution in [0.1, 0.15) is 40.7 Å². The van der Waals surface area contributed by atoms with Crippen LogP contribution in [0.15, 0.2) is 36.4 Å². The Morgan fingerprint density at radius 2 is 1.68 bits per heavy atom. The molecule has 3 heteroatoms. The second kappa shape index (κ2) is 7.40. The molecule has 2 aromatic carbocycles. The van der Waals surface area contributed by atoms with E-state index in [1.807, 2.05) is 32.0 Å². The highest BCUT2D eigenvalue weighted by molar-refractivity contribution is 5.93. The fourth-order valence-corrected chi connectivity index (χ4v) is 3.27. The minimum Gasteiger partial charge on any atom is -0.324 e. The van der Waals surface area contributed by atoms with Gasteiger partial charge in [0, 0.05) is 18.3 Å². The Balaban J connectivity index is 1.67. The molecule has 3 nitrogen and oxygen atoms in total. The van der Waals surface area contributed by atoms with Gasteiger partial charge in [0.2, 0.25) is 5.91 Å². The van der Waals surface area contributed by atoms with Gasteiger partial charge in [-0.1, -0.05) is 36.4 Å². The summed E-state index contributed by atoms with van der Waals surface area (Å²) in [5, 5.41) is 3.12. The molecule has 2 aromatic rings. The van der Waals surface area contributed by atoms with Crippen molar-refractivity contribution in [2.24, 2.45) is 0 Å². The van der Waals surface area contributed by atoms with Crippen molar-refractivity contribution in [3.8, 4) is 0 Å². The molecule has 1 aliphatic rings. The topological polar surface area (TPSA) is 32.3 Å². The van der Waals surface area contributed by atoms with Crippen LogP contribution in [0.5, 0.6) is 0 Å². The van der Waals surface area contributed by atoms with Gasteiger partial charge in [0.15, 0.2) is 0 Å². The van der Waals surface area contributed by atoms with E-state index < -0.39 is 0 Å². The first-order chi connectivity index (χ1) is 11.9. The number of nitrogens with zero attached hydrogens (tertiary/aromatic N) is 1. The second-order valence-electron chi connectivity index (χ2n) is 7.37. The third-order valence-corrected chi connectivity index (χ3v) is 5.11. The quantitative estimate of drug-likeness (QED) is 0.841. The Morgan fingerprint density at radius 3 is 2.28 bits per heavy atom. The molecule has 0 aliphatic heterocycles. The van der Waals surface area contributed by atoms with Crippen LogP contribution in [0, 0.1) is 27.7 Å². The first-order valence-corrected chi connectivity index (χ1v) is 9.10. The summed E-state index contributed by atoms with van der Waals surface area (Å²) in [4.78, 5) is 14.9. The summed E-state index contributed by atoms with van der Waals surface area (Å²) < 4.78 is 0. The predicted octanol–water partition coefficient (Wildman–Crippen LogP) is 4.52. The van der Waals surface area contributed by atoms with Gasteiger partial charge in [-0.3, -0.25) is 9.69 Å². The smallest absolute Gasteiger partial charge is 0.238 e. The van der Waals surface area contributed by atoms with E-state index in [2.05, 4.69) is 42.3 Å². The number of carbonyl (C=O) groups excluding carboxylic acids is 1. The van der Waals surface area contributed by atoms with Crippen molar-refractivity contribution in [1.82, 2.24) is 4.90 Å². The molecular weight excluding hydrogens is 308 g/mol. The fraction of sp³-hybridized carbons (Fsp3) is 0.409. The average molecular weight is 336 g/mol. The van der Waals surface area contributed by atoms with Gasteiger partial charge in [0.1, 0.15) is 0 Å². The molecule has 132 valence electrons. The summed E-state index contributed by atoms with van der Waals surface area (Å²) in [6.45, 7) is 9.65. The van der Waals surface area contributed by atoms with E-state index in [-0.39, 0.29) is 5.91 Å². The lowest BCUT2D eigenvalue weighted by molar-refractivity contribution is -0.117. The normalized spacial score (nSPS) is 14.0. The van der Waals surface area contributed by atoms with Gasteiger partial charge in [-0.05, 0) is 68.4 Å². The molecule has 0 bridgehead atoms. The van der Waals surface area contributed by atoms with E-state index in [0.717, 1.165) is 23.4 Å². The Labute approximate surface area is 151 Å². The lowest BCUT2D eigenvalue weighted by Gasteiger charge is -2.22. The zero-order chi connectivity index (χ0) is 18.0. The van der Waals surface area contributed by atoms with Gasteiger partial charge in [-0.2, -0.15) is 0 Å². The standard InChI is InChI=1S/C22H28N2O/c1-15-8-9-19(12-18(15)4)13-24(20-10-11-20)14-21(25)23-22-16(2)6-5-7-17(22)3/h5-9,12,20H,10-11,13-14H2,1-4H3,(H,23,25). The van der Waals surface area contributed by atoms with E-state index in [0.29, 0.717) is 12.6 Å². The predicted molar refractivity (Wildman–Crippen MR) is 104 cm³/mol. The first-order valence-electron chi connectivity index (χ1n) is 9.10. The third kappa shape index (κ3) is 4.49. The summed E-state index contributed by atoms with van der Waals surface area (Å²) in [6, 6.07) is 13.2. The zero-order valence-electron chi connectivity index (χ0n) is 15.7. The summed E-state index contributed by atoms with van der Waals surface area (Å²) in [6.07, 6.45) is 2.39. The van der Waals surface area contributed by atoms with Gasteiger partial charge in [0.25, 0.3) is 0 Å². The molecule has 0 radical (unpaired) electrons. The highest BCUT2D eigenvalue weighted by atomic mass is 16.2. The van der Waals surface area contributed by atoms with Gasteiger partial charge in [-0.25, -0.2) is 0 Å². The number of nitrogens with one attached hydrogen (secondary N) is 1. The molecule has 1 aliphatic carbocycles. The van der Waals surface area contributed by atoms with E-state index in [4.69, 9.17) is 0 Å². The van der Waals surface area contributed by atoms with Crippen LogP contribution in [0.3, 0.4) is 0 Å². The Kier molecular flexibility index (Phi) is 5.24. The monoisotopic (exact) mass is 336 g/mol. The number of hydrogen-bond donors (Lipinski definition) is 1. The highest BCUT2D eigenvalue weighted by Crippen LogP contribution is 2.29. The van der Waals surface area contributed by atoms with Crippen LogP contribution >= 0.6 is 0 Å². The molecule has 1 fully saturated rings. The molecule has 3 rings (SSSR count). The van der Waals surface area contributed by atoms with Gasteiger partial charge >= 0.3 is 0 Å². The van der Waals surface area contributed by atoms with E-state index in [1.54, 1.807) is 0 Å². The molecule has 0 spiro atoms. The number of benzene rings is 2. The molecule has 0 heterocycles. The van der Waals surface area contributed by atoms with Crippen molar-refractivity contribution in [3.05, 3.63) is 64.2 Å². The lowest BCUT2D eigenvalue weighted by atomic mass is 10.1. The lowest BCUT2D eigenvalue weighted by Crippen LogP contribution is -2.34. The molecule has 25 heavy (non-hydrogen) atoms. The molecule has 1 saturated carbocycles. The summed E-state index contributed by atoms with van der Waals surface area (Å²) in [5.74, 6) is 0.0770. The van der Waals surface area contributed by atoms with Crippen LogP contribution in [0.25, 0.3) is 0 Å². The minimum absolute atomic E-state index is 0.0770. The maximum atomic E-state index is 12.6. The number of para-hydroxylation sites is 1. The zero-order valence-corrected chi connectivity index (χ0v) is 15.7. The van der Waals surface area contributed by atoms with Crippen LogP contribution in [0.4, 0.5) is 5.69 Å². The Bertz CT molecular complexity index is 757. The minimum atomic E-state index is 0.0770. The number of aryl methyl sites for hydroxylation is 4. The van der Waals surface area contributed by atoms with Crippen molar-refractivity contribution < 1.29 is 4.79 Å². The van der Waals surface area contributed by atoms with Crippen LogP contribution in [-0.2, 0) is 11.3 Å². The third-order valence-electron chi connectivity index (χ3n) is 5.11. The van der Waals surface area contributed by atoms with E-state index in [9.17, 15) is 4.79 Å². The van der Waals surface area contributed by atoms with Crippen molar-refractivity contribution >= 4 is 11.6 Å². The molecule has 0 aromatic heterocycles. The Morgan fingerprint density at radius 1 is 1.00 bits per heavy atom. The van der Waals surface area contributed by atoms with Gasteiger partial charge < -0.3 is 5.32 Å². The number of anilines is 1. The summed E-state index contributed by atoms with van der Waals surface area (Å²) in [5.41, 5.74) is 7.09. The van der Waals surface area contributed by atoms with E-state index >= 15 is 0 Å². The second-order valence-corrected chi connectivity index (χ2v) is 7.37. The van der Waals surface area contributed by atoms with Gasteiger partial charge in [-0.15, -0.1) is 0 Å². The summed E-state index contributed by atoms with van der Waals surface area (Å²) >= 11 is 0. The fourth-order valence-electron chi connectivity index (χ4n) is 3.27. The van der Waals surface area contributed by atoms with Crippen LogP contribution in [-0.4, -0.2) is 23.4 Å². The molecule has 1 N–H and O–H groups in total. The maximum Gasteiger partial charge on any atom is 0.238 e. The molecule has 0 unspecified atom stereocenters. The SMILES string of the molecule is Cc1ccc(CN(CC(=O)Nc2c(C)cccc2C)C2CC2)cc1C. The first kappa shape index (κ1) is 17.7. The molecule has 0 atom stereocenters. The Hall–Kier alpha value is -2.13. The number of amides is 1. The molecule has 0 saturated heterocycles. The average Bonchev–Trinajstić information content (AvgIpc) is 3.39. The van der Waals surface area contributed by atoms with Crippen LogP contribution < -0.4 is 5.32 Å². The van der Waals surface area contributed by atoms with Crippen molar-refractivity contribution in [2.75, 3.05) is 11.9 Å². The van der Waals surface area contributed by atoms with E-state index in [1.165, 1.54) is 29.5 Å². The van der Waals surface area contributed by atoms with Crippen LogP contribution in [0.2, 0.25) is 0 Å². The van der Waals surface area contributed by atoms with Crippen molar-refractivity contribution in [3.63, 3.8) is 0 Å². The molecule has 1 amide bonds. The maximum absolute atomic E-state index is 12.6.